The predicted octanol–water partition coefficient (Wildman–Crippen LogP) is 2.23. The van der Waals surface area contributed by atoms with Gasteiger partial charge in [-0.15, -0.1) is 0 Å². The van der Waals surface area contributed by atoms with Crippen LogP contribution in [0.2, 0.25) is 0 Å². The fourth-order valence-electron chi connectivity index (χ4n) is 3.27. The second-order valence-electron chi connectivity index (χ2n) is 6.44. The van der Waals surface area contributed by atoms with Crippen molar-refractivity contribution in [1.29, 1.82) is 0 Å². The molecule has 0 radical (unpaired) electrons. The largest absolute Gasteiger partial charge is 0.376 e. The molecule has 0 aromatic carbocycles. The van der Waals surface area contributed by atoms with Crippen molar-refractivity contribution in [2.24, 2.45) is 5.92 Å². The monoisotopic (exact) mass is 303 g/mol. The second-order valence-corrected chi connectivity index (χ2v) is 6.44. The summed E-state index contributed by atoms with van der Waals surface area (Å²) < 4.78 is 5.53. The summed E-state index contributed by atoms with van der Waals surface area (Å²) in [5.74, 6) is 0.598. The van der Waals surface area contributed by atoms with E-state index < -0.39 is 0 Å². The minimum atomic E-state index is -0.109. The molecule has 3 rings (SSSR count). The maximum atomic E-state index is 12.3. The molecule has 2 saturated heterocycles. The molecule has 5 heteroatoms. The van der Waals surface area contributed by atoms with Crippen molar-refractivity contribution in [2.75, 3.05) is 31.1 Å². The highest BCUT2D eigenvalue weighted by Crippen LogP contribution is 2.23. The lowest BCUT2D eigenvalue weighted by Crippen LogP contribution is -2.35. The normalized spacial score (nSPS) is 25.2. The van der Waals surface area contributed by atoms with E-state index in [4.69, 9.17) is 4.74 Å². The second kappa shape index (κ2) is 7.09. The van der Waals surface area contributed by atoms with E-state index in [2.05, 4.69) is 22.1 Å². The van der Waals surface area contributed by atoms with E-state index in [0.717, 1.165) is 38.2 Å². The Kier molecular flexibility index (Phi) is 4.93. The van der Waals surface area contributed by atoms with E-state index in [9.17, 15) is 4.79 Å². The topological polar surface area (TPSA) is 54.5 Å². The molecule has 1 aromatic rings. The van der Waals surface area contributed by atoms with Gasteiger partial charge in [-0.05, 0) is 43.7 Å². The van der Waals surface area contributed by atoms with Crippen LogP contribution in [0.4, 0.5) is 5.69 Å². The number of rotatable bonds is 4. The van der Waals surface area contributed by atoms with Crippen molar-refractivity contribution >= 4 is 11.6 Å². The summed E-state index contributed by atoms with van der Waals surface area (Å²) >= 11 is 0. The number of aromatic nitrogens is 1. The number of nitrogens with zero attached hydrogens (tertiary/aromatic N) is 2. The third kappa shape index (κ3) is 3.77. The molecule has 2 fully saturated rings. The molecular weight excluding hydrogens is 278 g/mol. The van der Waals surface area contributed by atoms with Gasteiger partial charge in [0.2, 0.25) is 0 Å². The van der Waals surface area contributed by atoms with Crippen LogP contribution >= 0.6 is 0 Å². The highest BCUT2D eigenvalue weighted by Gasteiger charge is 2.19. The number of anilines is 1. The summed E-state index contributed by atoms with van der Waals surface area (Å²) in [5.41, 5.74) is 1.59. The maximum Gasteiger partial charge on any atom is 0.270 e. The number of piperidine rings is 1. The smallest absolute Gasteiger partial charge is 0.270 e. The molecule has 1 amide bonds. The lowest BCUT2D eigenvalue weighted by Gasteiger charge is -2.32. The summed E-state index contributed by atoms with van der Waals surface area (Å²) in [7, 11) is 0. The van der Waals surface area contributed by atoms with Gasteiger partial charge in [0.05, 0.1) is 6.10 Å². The summed E-state index contributed by atoms with van der Waals surface area (Å²) in [6, 6.07) is 3.90. The van der Waals surface area contributed by atoms with E-state index in [1.54, 1.807) is 6.20 Å². The Morgan fingerprint density at radius 2 is 2.36 bits per heavy atom. The summed E-state index contributed by atoms with van der Waals surface area (Å²) in [6.07, 6.45) is 6.51. The number of pyridine rings is 1. The Bertz CT molecular complexity index is 514. The van der Waals surface area contributed by atoms with Crippen molar-refractivity contribution in [2.45, 2.75) is 38.7 Å². The summed E-state index contributed by atoms with van der Waals surface area (Å²) in [4.78, 5) is 18.8. The van der Waals surface area contributed by atoms with Crippen LogP contribution in [0.3, 0.4) is 0 Å². The molecule has 0 spiro atoms. The van der Waals surface area contributed by atoms with Crippen LogP contribution in [-0.2, 0) is 4.74 Å². The van der Waals surface area contributed by atoms with Gasteiger partial charge in [0, 0.05) is 38.1 Å². The van der Waals surface area contributed by atoms with E-state index in [-0.39, 0.29) is 12.0 Å². The van der Waals surface area contributed by atoms with Gasteiger partial charge in [0.15, 0.2) is 0 Å². The molecule has 3 heterocycles. The average Bonchev–Trinajstić information content (AvgIpc) is 3.06. The first kappa shape index (κ1) is 15.3. The Labute approximate surface area is 132 Å². The third-order valence-corrected chi connectivity index (χ3v) is 4.51. The minimum Gasteiger partial charge on any atom is -0.376 e. The molecule has 0 saturated carbocycles. The van der Waals surface area contributed by atoms with Crippen molar-refractivity contribution in [3.63, 3.8) is 0 Å². The van der Waals surface area contributed by atoms with E-state index in [1.807, 2.05) is 12.1 Å². The SMILES string of the molecule is CC1CCCN(c2ccnc(C(=O)NCC3CCCO3)c2)C1. The molecule has 22 heavy (non-hydrogen) atoms. The van der Waals surface area contributed by atoms with Gasteiger partial charge in [0.25, 0.3) is 5.91 Å². The first-order valence-corrected chi connectivity index (χ1v) is 8.33. The average molecular weight is 303 g/mol. The first-order valence-electron chi connectivity index (χ1n) is 8.33. The van der Waals surface area contributed by atoms with E-state index in [0.29, 0.717) is 18.2 Å². The molecule has 120 valence electrons. The molecule has 2 aliphatic heterocycles. The number of hydrogen-bond acceptors (Lipinski definition) is 4. The van der Waals surface area contributed by atoms with Gasteiger partial charge >= 0.3 is 0 Å². The van der Waals surface area contributed by atoms with Gasteiger partial charge in [-0.2, -0.15) is 0 Å². The van der Waals surface area contributed by atoms with Crippen molar-refractivity contribution in [1.82, 2.24) is 10.3 Å². The van der Waals surface area contributed by atoms with Crippen molar-refractivity contribution in [3.8, 4) is 0 Å². The quantitative estimate of drug-likeness (QED) is 0.927. The van der Waals surface area contributed by atoms with E-state index in [1.165, 1.54) is 12.8 Å². The van der Waals surface area contributed by atoms with Gasteiger partial charge in [-0.25, -0.2) is 0 Å². The predicted molar refractivity (Wildman–Crippen MR) is 86.2 cm³/mol. The van der Waals surface area contributed by atoms with Gasteiger partial charge in [-0.1, -0.05) is 6.92 Å². The van der Waals surface area contributed by atoms with E-state index >= 15 is 0 Å². The van der Waals surface area contributed by atoms with Crippen LogP contribution in [0.15, 0.2) is 18.3 Å². The van der Waals surface area contributed by atoms with Crippen LogP contribution in [0.5, 0.6) is 0 Å². The van der Waals surface area contributed by atoms with Crippen LogP contribution in [-0.4, -0.2) is 43.2 Å². The Morgan fingerprint density at radius 3 is 3.14 bits per heavy atom. The van der Waals surface area contributed by atoms with Crippen LogP contribution < -0.4 is 10.2 Å². The molecule has 2 unspecified atom stereocenters. The number of amides is 1. The van der Waals surface area contributed by atoms with Crippen LogP contribution in [0, 0.1) is 5.92 Å². The van der Waals surface area contributed by atoms with Crippen molar-refractivity contribution < 1.29 is 9.53 Å². The standard InChI is InChI=1S/C17H25N3O2/c1-13-4-2-8-20(12-13)14-6-7-18-16(10-14)17(21)19-11-15-5-3-9-22-15/h6-7,10,13,15H,2-5,8-9,11-12H2,1H3,(H,19,21). The summed E-state index contributed by atoms with van der Waals surface area (Å²) in [6.45, 7) is 5.78. The third-order valence-electron chi connectivity index (χ3n) is 4.51. The highest BCUT2D eigenvalue weighted by molar-refractivity contribution is 5.93. The molecule has 1 aromatic heterocycles. The van der Waals surface area contributed by atoms with Crippen molar-refractivity contribution in [3.05, 3.63) is 24.0 Å². The molecule has 0 bridgehead atoms. The number of carbonyl (C=O) groups excluding carboxylic acids is 1. The Hall–Kier alpha value is -1.62. The molecule has 2 atom stereocenters. The summed E-state index contributed by atoms with van der Waals surface area (Å²) in [5, 5.41) is 2.93. The van der Waals surface area contributed by atoms with Gasteiger partial charge in [0.1, 0.15) is 5.69 Å². The molecule has 2 aliphatic rings. The van der Waals surface area contributed by atoms with Gasteiger partial charge < -0.3 is 15.0 Å². The molecule has 0 aliphatic carbocycles. The molecule has 1 N–H and O–H groups in total. The fourth-order valence-corrected chi connectivity index (χ4v) is 3.27. The molecular formula is C17H25N3O2. The van der Waals surface area contributed by atoms with Crippen LogP contribution in [0.1, 0.15) is 43.1 Å². The number of nitrogens with one attached hydrogen (secondary N) is 1. The van der Waals surface area contributed by atoms with Gasteiger partial charge in [-0.3, -0.25) is 9.78 Å². The number of hydrogen-bond donors (Lipinski definition) is 1. The highest BCUT2D eigenvalue weighted by atomic mass is 16.5. The number of carbonyl (C=O) groups is 1. The maximum absolute atomic E-state index is 12.3. The Morgan fingerprint density at radius 1 is 1.45 bits per heavy atom. The number of ether oxygens (including phenoxy) is 1. The van der Waals surface area contributed by atoms with Crippen LogP contribution in [0.25, 0.3) is 0 Å². The lowest BCUT2D eigenvalue weighted by atomic mass is 10.00. The fraction of sp³-hybridized carbons (Fsp3) is 0.647. The zero-order valence-electron chi connectivity index (χ0n) is 13.3. The lowest BCUT2D eigenvalue weighted by molar-refractivity contribution is 0.0853. The molecule has 5 nitrogen and oxygen atoms in total. The zero-order valence-corrected chi connectivity index (χ0v) is 13.3. The Balaban J connectivity index is 1.61. The first-order chi connectivity index (χ1) is 10.7. The zero-order chi connectivity index (χ0) is 15.4. The minimum absolute atomic E-state index is 0.109.